The number of ether oxygens (including phenoxy) is 1. The van der Waals surface area contributed by atoms with Crippen LogP contribution in [0.4, 0.5) is 10.5 Å². The Hall–Kier alpha value is -3.55. The Labute approximate surface area is 212 Å². The van der Waals surface area contributed by atoms with E-state index < -0.39 is 12.1 Å². The Morgan fingerprint density at radius 3 is 2.06 bits per heavy atom. The smallest absolute Gasteiger partial charge is 0.407 e. The van der Waals surface area contributed by atoms with Crippen LogP contribution in [-0.4, -0.2) is 36.2 Å². The van der Waals surface area contributed by atoms with Gasteiger partial charge < -0.3 is 20.5 Å². The minimum atomic E-state index is -1.18. The average molecular weight is 513 g/mol. The molecule has 0 unspecified atom stereocenters. The van der Waals surface area contributed by atoms with Gasteiger partial charge in [-0.3, -0.25) is 4.79 Å². The van der Waals surface area contributed by atoms with Crippen molar-refractivity contribution in [3.63, 3.8) is 0 Å². The number of benzene rings is 3. The lowest BCUT2D eigenvalue weighted by atomic mass is 9.98. The number of nitrogens with one attached hydrogen (secondary N) is 2. The first kappa shape index (κ1) is 24.6. The number of alkyl carbamates (subject to hydrolysis) is 1. The van der Waals surface area contributed by atoms with E-state index in [4.69, 9.17) is 33.0 Å². The maximum Gasteiger partial charge on any atom is 0.407 e. The number of fused-ring (bicyclic) bond motifs is 3. The van der Waals surface area contributed by atoms with Gasteiger partial charge in [0.15, 0.2) is 0 Å². The van der Waals surface area contributed by atoms with Gasteiger partial charge in [-0.05, 0) is 40.8 Å². The number of hydrogen-bond acceptors (Lipinski definition) is 4. The van der Waals surface area contributed by atoms with E-state index >= 15 is 0 Å². The Kier molecular flexibility index (Phi) is 7.58. The van der Waals surface area contributed by atoms with Gasteiger partial charge in [-0.2, -0.15) is 0 Å². The van der Waals surface area contributed by atoms with Gasteiger partial charge >= 0.3 is 12.1 Å². The van der Waals surface area contributed by atoms with Crippen LogP contribution in [-0.2, 0) is 9.53 Å². The van der Waals surface area contributed by atoms with E-state index in [9.17, 15) is 14.4 Å². The predicted octanol–water partition coefficient (Wildman–Crippen LogP) is 5.95. The number of carboxylic acid groups (broad SMARTS) is 1. The molecule has 0 bridgehead atoms. The molecule has 35 heavy (non-hydrogen) atoms. The number of hydrogen-bond donors (Lipinski definition) is 3. The summed E-state index contributed by atoms with van der Waals surface area (Å²) in [4.78, 5) is 35.5. The second-order valence-corrected chi connectivity index (χ2v) is 8.84. The number of carbonyl (C=O) groups is 3. The number of amides is 2. The second kappa shape index (κ2) is 10.8. The first-order valence-electron chi connectivity index (χ1n) is 11.0. The van der Waals surface area contributed by atoms with Gasteiger partial charge in [0.05, 0.1) is 21.3 Å². The minimum Gasteiger partial charge on any atom is -0.478 e. The molecule has 9 heteroatoms. The molecular weight excluding hydrogens is 491 g/mol. The summed E-state index contributed by atoms with van der Waals surface area (Å²) >= 11 is 12.1. The van der Waals surface area contributed by atoms with Crippen LogP contribution in [0.1, 0.15) is 40.2 Å². The highest BCUT2D eigenvalue weighted by Crippen LogP contribution is 2.44. The minimum absolute atomic E-state index is 0.0269. The van der Waals surface area contributed by atoms with Crippen LogP contribution in [0.5, 0.6) is 0 Å². The molecule has 180 valence electrons. The summed E-state index contributed by atoms with van der Waals surface area (Å²) in [6.07, 6.45) is -0.0993. The fourth-order valence-corrected chi connectivity index (χ4v) is 4.69. The van der Waals surface area contributed by atoms with Gasteiger partial charge in [0, 0.05) is 18.9 Å². The second-order valence-electron chi connectivity index (χ2n) is 8.02. The molecular formula is C26H22Cl2N2O5. The van der Waals surface area contributed by atoms with Crippen molar-refractivity contribution < 1.29 is 24.2 Å². The zero-order valence-corrected chi connectivity index (χ0v) is 20.0. The van der Waals surface area contributed by atoms with Crippen LogP contribution >= 0.6 is 23.2 Å². The normalized spacial score (nSPS) is 11.9. The van der Waals surface area contributed by atoms with Crippen LogP contribution in [0.3, 0.4) is 0 Å². The number of carboxylic acids is 1. The van der Waals surface area contributed by atoms with Gasteiger partial charge in [0.2, 0.25) is 5.91 Å². The fourth-order valence-electron chi connectivity index (χ4n) is 4.11. The van der Waals surface area contributed by atoms with Crippen molar-refractivity contribution in [3.05, 3.63) is 87.4 Å². The predicted molar refractivity (Wildman–Crippen MR) is 134 cm³/mol. The van der Waals surface area contributed by atoms with E-state index in [2.05, 4.69) is 22.8 Å². The van der Waals surface area contributed by atoms with Crippen LogP contribution in [0.15, 0.2) is 60.7 Å². The molecule has 0 aromatic heterocycles. The molecule has 7 nitrogen and oxygen atoms in total. The van der Waals surface area contributed by atoms with Crippen LogP contribution in [0.25, 0.3) is 11.1 Å². The van der Waals surface area contributed by atoms with Crippen LogP contribution < -0.4 is 10.6 Å². The lowest BCUT2D eigenvalue weighted by molar-refractivity contribution is -0.116. The SMILES string of the molecule is O=C(CCCNC(=O)OCC1c2ccccc2-c2ccccc21)Nc1c(Cl)cc(C(=O)O)cc1Cl. The molecule has 3 aromatic rings. The molecule has 1 aliphatic rings. The topological polar surface area (TPSA) is 105 Å². The van der Waals surface area contributed by atoms with E-state index in [1.54, 1.807) is 0 Å². The summed E-state index contributed by atoms with van der Waals surface area (Å²) in [5, 5.41) is 14.3. The number of rotatable bonds is 8. The van der Waals surface area contributed by atoms with Crippen molar-refractivity contribution in [1.82, 2.24) is 5.32 Å². The van der Waals surface area contributed by atoms with Crippen LogP contribution in [0.2, 0.25) is 10.0 Å². The number of carbonyl (C=O) groups excluding carboxylic acids is 2. The molecule has 4 rings (SSSR count). The summed E-state index contributed by atoms with van der Waals surface area (Å²) in [7, 11) is 0. The zero-order valence-electron chi connectivity index (χ0n) is 18.5. The van der Waals surface area contributed by atoms with Gasteiger partial charge in [0.1, 0.15) is 6.61 Å². The van der Waals surface area contributed by atoms with Crippen molar-refractivity contribution in [2.45, 2.75) is 18.8 Å². The maximum absolute atomic E-state index is 12.2. The van der Waals surface area contributed by atoms with Gasteiger partial charge in [-0.1, -0.05) is 71.7 Å². The van der Waals surface area contributed by atoms with Crippen molar-refractivity contribution in [1.29, 1.82) is 0 Å². The van der Waals surface area contributed by atoms with E-state index in [1.165, 1.54) is 12.1 Å². The first-order chi connectivity index (χ1) is 16.8. The lowest BCUT2D eigenvalue weighted by Gasteiger charge is -2.14. The Morgan fingerprint density at radius 1 is 0.914 bits per heavy atom. The van der Waals surface area contributed by atoms with E-state index in [0.717, 1.165) is 22.3 Å². The summed E-state index contributed by atoms with van der Waals surface area (Å²) in [5.41, 5.74) is 4.64. The third kappa shape index (κ3) is 5.58. The molecule has 3 aromatic carbocycles. The number of halogens is 2. The van der Waals surface area contributed by atoms with Gasteiger partial charge in [-0.15, -0.1) is 0 Å². The van der Waals surface area contributed by atoms with Crippen molar-refractivity contribution in [2.75, 3.05) is 18.5 Å². The van der Waals surface area contributed by atoms with E-state index in [-0.39, 0.29) is 52.7 Å². The molecule has 3 N–H and O–H groups in total. The fraction of sp³-hybridized carbons (Fsp3) is 0.192. The standard InChI is InChI=1S/C26H22Cl2N2O5/c27-21-12-15(25(32)33)13-22(28)24(21)30-23(31)10-5-11-29-26(34)35-14-20-18-8-3-1-6-16(18)17-7-2-4-9-19(17)20/h1-4,6-9,12-13,20H,5,10-11,14H2,(H,29,34)(H,30,31)(H,32,33). The molecule has 0 heterocycles. The quantitative estimate of drug-likeness (QED) is 0.323. The molecule has 2 amide bonds. The summed E-state index contributed by atoms with van der Waals surface area (Å²) in [6, 6.07) is 18.6. The maximum atomic E-state index is 12.2. The first-order valence-corrected chi connectivity index (χ1v) is 11.7. The number of anilines is 1. The van der Waals surface area contributed by atoms with Gasteiger partial charge in [-0.25, -0.2) is 9.59 Å². The molecule has 0 saturated carbocycles. The van der Waals surface area contributed by atoms with Crippen LogP contribution in [0, 0.1) is 0 Å². The summed E-state index contributed by atoms with van der Waals surface area (Å²) in [5.74, 6) is -1.57. The van der Waals surface area contributed by atoms with Crippen molar-refractivity contribution in [3.8, 4) is 11.1 Å². The number of aromatic carboxylic acids is 1. The highest BCUT2D eigenvalue weighted by Gasteiger charge is 2.29. The Bertz CT molecular complexity index is 1230. The highest BCUT2D eigenvalue weighted by molar-refractivity contribution is 6.40. The van der Waals surface area contributed by atoms with E-state index in [1.807, 2.05) is 36.4 Å². The molecule has 1 aliphatic carbocycles. The molecule has 0 saturated heterocycles. The highest BCUT2D eigenvalue weighted by atomic mass is 35.5. The average Bonchev–Trinajstić information content (AvgIpc) is 3.16. The van der Waals surface area contributed by atoms with E-state index in [0.29, 0.717) is 6.42 Å². The molecule has 0 atom stereocenters. The monoisotopic (exact) mass is 512 g/mol. The largest absolute Gasteiger partial charge is 0.478 e. The third-order valence-corrected chi connectivity index (χ3v) is 6.34. The van der Waals surface area contributed by atoms with Crippen molar-refractivity contribution in [2.24, 2.45) is 0 Å². The Morgan fingerprint density at radius 2 is 1.49 bits per heavy atom. The molecule has 0 fully saturated rings. The molecule has 0 spiro atoms. The third-order valence-electron chi connectivity index (χ3n) is 5.75. The molecule has 0 radical (unpaired) electrons. The molecule has 0 aliphatic heterocycles. The van der Waals surface area contributed by atoms with Crippen molar-refractivity contribution >= 4 is 46.9 Å². The lowest BCUT2D eigenvalue weighted by Crippen LogP contribution is -2.27. The Balaban J connectivity index is 1.23. The van der Waals surface area contributed by atoms with Gasteiger partial charge in [0.25, 0.3) is 0 Å². The summed E-state index contributed by atoms with van der Waals surface area (Å²) in [6.45, 7) is 0.452. The summed E-state index contributed by atoms with van der Waals surface area (Å²) < 4.78 is 5.47. The zero-order chi connectivity index (χ0) is 24.9.